The van der Waals surface area contributed by atoms with Gasteiger partial charge in [-0.05, 0) is 55.2 Å². The molecular weight excluding hydrogens is 499 g/mol. The molecule has 0 saturated carbocycles. The van der Waals surface area contributed by atoms with Crippen molar-refractivity contribution >= 4 is 22.7 Å². The molecule has 2 aromatic carbocycles. The number of pyridine rings is 1. The molecule has 10 heteroatoms. The number of alkyl halides is 2. The van der Waals surface area contributed by atoms with Crippen molar-refractivity contribution < 1.29 is 32.2 Å². The number of imide groups is 1. The molecule has 0 radical (unpaired) electrons. The third kappa shape index (κ3) is 4.21. The van der Waals surface area contributed by atoms with E-state index >= 15 is 4.39 Å². The van der Waals surface area contributed by atoms with Crippen molar-refractivity contribution in [3.05, 3.63) is 71.2 Å². The van der Waals surface area contributed by atoms with Gasteiger partial charge in [-0.2, -0.15) is 8.78 Å². The van der Waals surface area contributed by atoms with Crippen molar-refractivity contribution in [2.45, 2.75) is 56.5 Å². The number of rotatable bonds is 6. The maximum absolute atomic E-state index is 16.0. The minimum Gasteiger partial charge on any atom is -0.435 e. The summed E-state index contributed by atoms with van der Waals surface area (Å²) in [6.07, 6.45) is 2.75. The van der Waals surface area contributed by atoms with Crippen LogP contribution in [-0.2, 0) is 26.5 Å². The molecule has 3 aliphatic rings. The number of carbonyl (C=O) groups is 2. The molecule has 0 spiro atoms. The molecule has 2 amide bonds. The number of fused-ring (bicyclic) bond motifs is 2. The van der Waals surface area contributed by atoms with Gasteiger partial charge in [-0.15, -0.1) is 0 Å². The third-order valence-corrected chi connectivity index (χ3v) is 7.97. The number of aromatic nitrogens is 1. The average Bonchev–Trinajstić information content (AvgIpc) is 3.51. The minimum absolute atomic E-state index is 0.112. The molecule has 3 atom stereocenters. The molecule has 4 heterocycles. The summed E-state index contributed by atoms with van der Waals surface area (Å²) in [5.41, 5.74) is 1.14. The summed E-state index contributed by atoms with van der Waals surface area (Å²) in [5.74, 6) is -1.54. The highest BCUT2D eigenvalue weighted by molar-refractivity contribution is 6.01. The van der Waals surface area contributed by atoms with Crippen molar-refractivity contribution in [2.24, 2.45) is 0 Å². The molecule has 3 aromatic rings. The van der Waals surface area contributed by atoms with E-state index < -0.39 is 29.5 Å². The van der Waals surface area contributed by atoms with Crippen LogP contribution in [0.1, 0.15) is 48.8 Å². The predicted molar refractivity (Wildman–Crippen MR) is 131 cm³/mol. The molecule has 7 nitrogen and oxygen atoms in total. The van der Waals surface area contributed by atoms with Gasteiger partial charge in [0.05, 0.1) is 11.4 Å². The number of hydrogen-bond donors (Lipinski definition) is 1. The first-order valence-corrected chi connectivity index (χ1v) is 12.6. The quantitative estimate of drug-likeness (QED) is 0.380. The van der Waals surface area contributed by atoms with Crippen LogP contribution < -0.4 is 10.1 Å². The summed E-state index contributed by atoms with van der Waals surface area (Å²) in [6.45, 7) is 0.952. The van der Waals surface area contributed by atoms with E-state index in [9.17, 15) is 18.4 Å². The lowest BCUT2D eigenvalue weighted by atomic mass is 9.80. The molecule has 1 N–H and O–H groups in total. The smallest absolute Gasteiger partial charge is 0.387 e. The van der Waals surface area contributed by atoms with E-state index in [0.29, 0.717) is 54.5 Å². The van der Waals surface area contributed by atoms with E-state index in [1.807, 2.05) is 6.92 Å². The van der Waals surface area contributed by atoms with Crippen LogP contribution in [0.4, 0.5) is 13.2 Å². The van der Waals surface area contributed by atoms with E-state index in [1.54, 1.807) is 36.5 Å². The van der Waals surface area contributed by atoms with Gasteiger partial charge in [-0.25, -0.2) is 4.39 Å². The summed E-state index contributed by atoms with van der Waals surface area (Å²) in [4.78, 5) is 30.5. The number of epoxide rings is 1. The van der Waals surface area contributed by atoms with Gasteiger partial charge in [0.2, 0.25) is 11.8 Å². The van der Waals surface area contributed by atoms with Crippen LogP contribution in [0.15, 0.2) is 48.7 Å². The van der Waals surface area contributed by atoms with Gasteiger partial charge in [-0.1, -0.05) is 18.2 Å². The van der Waals surface area contributed by atoms with Crippen LogP contribution in [0.2, 0.25) is 0 Å². The molecule has 6 rings (SSSR count). The largest absolute Gasteiger partial charge is 0.435 e. The Morgan fingerprint density at radius 1 is 1.21 bits per heavy atom. The molecule has 198 valence electrons. The third-order valence-electron chi connectivity index (χ3n) is 7.97. The molecule has 0 bridgehead atoms. The van der Waals surface area contributed by atoms with Gasteiger partial charge >= 0.3 is 6.61 Å². The van der Waals surface area contributed by atoms with Crippen LogP contribution >= 0.6 is 0 Å². The lowest BCUT2D eigenvalue weighted by Crippen LogP contribution is -2.44. The van der Waals surface area contributed by atoms with Gasteiger partial charge in [0, 0.05) is 43.2 Å². The zero-order valence-corrected chi connectivity index (χ0v) is 20.7. The van der Waals surface area contributed by atoms with Crippen LogP contribution in [0, 0.1) is 5.82 Å². The number of likely N-dealkylation sites (tertiary alicyclic amines) is 1. The minimum atomic E-state index is -2.86. The Bertz CT molecular complexity index is 1430. The van der Waals surface area contributed by atoms with Crippen molar-refractivity contribution in [3.63, 3.8) is 0 Å². The van der Waals surface area contributed by atoms with Crippen LogP contribution in [-0.4, -0.2) is 47.0 Å². The van der Waals surface area contributed by atoms with E-state index in [0.717, 1.165) is 5.56 Å². The number of halogens is 3. The summed E-state index contributed by atoms with van der Waals surface area (Å²) < 4.78 is 51.5. The Morgan fingerprint density at radius 3 is 2.71 bits per heavy atom. The number of piperidine rings is 2. The fourth-order valence-electron chi connectivity index (χ4n) is 5.99. The Hall–Kier alpha value is -3.50. The Labute approximate surface area is 216 Å². The number of benzene rings is 2. The van der Waals surface area contributed by atoms with Crippen molar-refractivity contribution in [2.75, 3.05) is 13.1 Å². The van der Waals surface area contributed by atoms with Gasteiger partial charge in [-0.3, -0.25) is 24.8 Å². The van der Waals surface area contributed by atoms with E-state index in [4.69, 9.17) is 4.74 Å². The van der Waals surface area contributed by atoms with Crippen molar-refractivity contribution in [3.8, 4) is 5.75 Å². The fraction of sp³-hybridized carbons (Fsp3) is 0.393. The SMILES string of the molecule is CC12CN(Cc3ccc(OC(F)F)cc3)CCC1(c1ccc3ncc(C4CCC(=O)NC4=O)cc3c1F)O2. The van der Waals surface area contributed by atoms with Gasteiger partial charge in [0.25, 0.3) is 0 Å². The first-order chi connectivity index (χ1) is 18.2. The summed E-state index contributed by atoms with van der Waals surface area (Å²) in [7, 11) is 0. The lowest BCUT2D eigenvalue weighted by Gasteiger charge is -2.33. The summed E-state index contributed by atoms with van der Waals surface area (Å²) in [5, 5.41) is 2.67. The highest BCUT2D eigenvalue weighted by Crippen LogP contribution is 2.61. The normalized spacial score (nSPS) is 27.3. The molecule has 1 aromatic heterocycles. The molecule has 3 aliphatic heterocycles. The standard InChI is InChI=1S/C28H26F3N3O4/c1-27-15-34(14-16-2-4-18(5-3-16)37-26(30)31)11-10-28(27,38-27)21-7-8-22-20(24(21)29)12-17(13-32-22)19-6-9-23(35)33-25(19)36/h2-5,7-8,12-13,19,26H,6,9-11,14-15H2,1H3,(H,33,35,36). The predicted octanol–water partition coefficient (Wildman–Crippen LogP) is 4.39. The average molecular weight is 526 g/mol. The second kappa shape index (κ2) is 9.06. The summed E-state index contributed by atoms with van der Waals surface area (Å²) >= 11 is 0. The number of amides is 2. The summed E-state index contributed by atoms with van der Waals surface area (Å²) in [6, 6.07) is 11.7. The van der Waals surface area contributed by atoms with Crippen LogP contribution in [0.25, 0.3) is 10.9 Å². The topological polar surface area (TPSA) is 84.1 Å². The zero-order valence-electron chi connectivity index (χ0n) is 20.7. The second-order valence-electron chi connectivity index (χ2n) is 10.4. The Morgan fingerprint density at radius 2 is 2.00 bits per heavy atom. The van der Waals surface area contributed by atoms with Crippen molar-refractivity contribution in [1.82, 2.24) is 15.2 Å². The number of carbonyl (C=O) groups excluding carboxylic acids is 2. The highest BCUT2D eigenvalue weighted by atomic mass is 19.3. The monoisotopic (exact) mass is 525 g/mol. The van der Waals surface area contributed by atoms with Gasteiger partial charge in [0.1, 0.15) is 22.8 Å². The first-order valence-electron chi connectivity index (χ1n) is 12.6. The molecule has 0 aliphatic carbocycles. The second-order valence-corrected chi connectivity index (χ2v) is 10.4. The fourth-order valence-corrected chi connectivity index (χ4v) is 5.99. The van der Waals surface area contributed by atoms with E-state index in [1.165, 1.54) is 12.1 Å². The molecular formula is C28H26F3N3O4. The number of nitrogens with zero attached hydrogens (tertiary/aromatic N) is 2. The number of nitrogens with one attached hydrogen (secondary N) is 1. The number of ether oxygens (including phenoxy) is 2. The molecule has 3 fully saturated rings. The van der Waals surface area contributed by atoms with Gasteiger partial charge in [0.15, 0.2) is 0 Å². The zero-order chi connectivity index (χ0) is 26.7. The van der Waals surface area contributed by atoms with Crippen LogP contribution in [0.3, 0.4) is 0 Å². The Kier molecular flexibility index (Phi) is 5.92. The molecule has 3 saturated heterocycles. The first kappa shape index (κ1) is 24.8. The maximum Gasteiger partial charge on any atom is 0.387 e. The number of hydrogen-bond acceptors (Lipinski definition) is 6. The van der Waals surface area contributed by atoms with Crippen molar-refractivity contribution in [1.29, 1.82) is 0 Å². The van der Waals surface area contributed by atoms with E-state index in [2.05, 4.69) is 19.9 Å². The van der Waals surface area contributed by atoms with Gasteiger partial charge < -0.3 is 9.47 Å². The van der Waals surface area contributed by atoms with Crippen LogP contribution in [0.5, 0.6) is 5.75 Å². The van der Waals surface area contributed by atoms with E-state index in [-0.39, 0.29) is 24.0 Å². The molecule has 3 unspecified atom stereocenters. The lowest BCUT2D eigenvalue weighted by molar-refractivity contribution is -0.134. The maximum atomic E-state index is 16.0. The molecule has 38 heavy (non-hydrogen) atoms. The highest BCUT2D eigenvalue weighted by Gasteiger charge is 2.70. The Balaban J connectivity index is 1.21.